The van der Waals surface area contributed by atoms with Crippen molar-refractivity contribution in [1.29, 1.82) is 0 Å². The molecule has 1 aromatic carbocycles. The number of amides is 1. The molecular formula is C13H17FN2O2. The predicted octanol–water partition coefficient (Wildman–Crippen LogP) is 1.19. The molecule has 5 heteroatoms. The van der Waals surface area contributed by atoms with Crippen LogP contribution in [0.2, 0.25) is 0 Å². The molecule has 0 spiro atoms. The SMILES string of the molecule is NCc1ccc(OCC(=O)NCC2CC2)c(F)c1. The summed E-state index contributed by atoms with van der Waals surface area (Å²) < 4.78 is 18.6. The first-order chi connectivity index (χ1) is 8.69. The Morgan fingerprint density at radius 1 is 1.50 bits per heavy atom. The van der Waals surface area contributed by atoms with E-state index in [1.54, 1.807) is 6.07 Å². The van der Waals surface area contributed by atoms with Gasteiger partial charge in [-0.05, 0) is 36.5 Å². The van der Waals surface area contributed by atoms with Gasteiger partial charge in [0.2, 0.25) is 0 Å². The van der Waals surface area contributed by atoms with Crippen LogP contribution in [0.3, 0.4) is 0 Å². The number of rotatable bonds is 6. The van der Waals surface area contributed by atoms with Crippen LogP contribution in [-0.2, 0) is 11.3 Å². The Morgan fingerprint density at radius 3 is 2.89 bits per heavy atom. The van der Waals surface area contributed by atoms with Crippen molar-refractivity contribution in [2.75, 3.05) is 13.2 Å². The van der Waals surface area contributed by atoms with Crippen molar-refractivity contribution in [3.8, 4) is 5.75 Å². The fourth-order valence-electron chi connectivity index (χ4n) is 1.56. The molecule has 1 amide bonds. The third-order valence-electron chi connectivity index (χ3n) is 2.88. The highest BCUT2D eigenvalue weighted by Gasteiger charge is 2.21. The lowest BCUT2D eigenvalue weighted by atomic mass is 10.2. The van der Waals surface area contributed by atoms with Gasteiger partial charge in [0.05, 0.1) is 0 Å². The summed E-state index contributed by atoms with van der Waals surface area (Å²) in [6.07, 6.45) is 2.35. The first kappa shape index (κ1) is 12.8. The van der Waals surface area contributed by atoms with Gasteiger partial charge in [0.1, 0.15) is 0 Å². The van der Waals surface area contributed by atoms with Gasteiger partial charge in [-0.15, -0.1) is 0 Å². The van der Waals surface area contributed by atoms with Crippen molar-refractivity contribution in [3.05, 3.63) is 29.6 Å². The van der Waals surface area contributed by atoms with E-state index >= 15 is 0 Å². The molecule has 0 aliphatic heterocycles. The van der Waals surface area contributed by atoms with E-state index in [9.17, 15) is 9.18 Å². The first-order valence-electron chi connectivity index (χ1n) is 6.07. The van der Waals surface area contributed by atoms with Gasteiger partial charge in [0.15, 0.2) is 18.2 Å². The highest BCUT2D eigenvalue weighted by Crippen LogP contribution is 2.27. The number of benzene rings is 1. The van der Waals surface area contributed by atoms with E-state index in [4.69, 9.17) is 10.5 Å². The van der Waals surface area contributed by atoms with Crippen molar-refractivity contribution in [3.63, 3.8) is 0 Å². The van der Waals surface area contributed by atoms with Crippen LogP contribution in [-0.4, -0.2) is 19.1 Å². The maximum Gasteiger partial charge on any atom is 0.257 e. The van der Waals surface area contributed by atoms with Crippen LogP contribution in [0.5, 0.6) is 5.75 Å². The summed E-state index contributed by atoms with van der Waals surface area (Å²) in [6.45, 7) is 0.807. The quantitative estimate of drug-likeness (QED) is 0.799. The molecule has 4 nitrogen and oxygen atoms in total. The van der Waals surface area contributed by atoms with Crippen molar-refractivity contribution in [2.45, 2.75) is 19.4 Å². The van der Waals surface area contributed by atoms with Gasteiger partial charge >= 0.3 is 0 Å². The number of halogens is 1. The summed E-state index contributed by atoms with van der Waals surface area (Å²) >= 11 is 0. The topological polar surface area (TPSA) is 64.3 Å². The summed E-state index contributed by atoms with van der Waals surface area (Å²) in [5, 5.41) is 2.75. The fourth-order valence-corrected chi connectivity index (χ4v) is 1.56. The number of hydrogen-bond donors (Lipinski definition) is 2. The van der Waals surface area contributed by atoms with E-state index in [0.29, 0.717) is 18.0 Å². The largest absolute Gasteiger partial charge is 0.481 e. The number of hydrogen-bond acceptors (Lipinski definition) is 3. The minimum atomic E-state index is -0.493. The number of nitrogens with two attached hydrogens (primary N) is 1. The van der Waals surface area contributed by atoms with Gasteiger partial charge in [-0.25, -0.2) is 4.39 Å². The maximum absolute atomic E-state index is 13.5. The molecule has 0 aromatic heterocycles. The number of carbonyl (C=O) groups excluding carboxylic acids is 1. The predicted molar refractivity (Wildman–Crippen MR) is 65.5 cm³/mol. The molecule has 98 valence electrons. The molecule has 1 aliphatic carbocycles. The molecule has 0 bridgehead atoms. The first-order valence-corrected chi connectivity index (χ1v) is 6.07. The average Bonchev–Trinajstić information content (AvgIpc) is 3.18. The Hall–Kier alpha value is -1.62. The molecule has 18 heavy (non-hydrogen) atoms. The average molecular weight is 252 g/mol. The Morgan fingerprint density at radius 2 is 2.28 bits per heavy atom. The smallest absolute Gasteiger partial charge is 0.257 e. The van der Waals surface area contributed by atoms with Gasteiger partial charge in [-0.1, -0.05) is 6.07 Å². The Balaban J connectivity index is 1.79. The molecular weight excluding hydrogens is 235 g/mol. The lowest BCUT2D eigenvalue weighted by Gasteiger charge is -2.08. The molecule has 1 fully saturated rings. The number of ether oxygens (including phenoxy) is 1. The molecule has 2 rings (SSSR count). The zero-order chi connectivity index (χ0) is 13.0. The molecule has 3 N–H and O–H groups in total. The summed E-state index contributed by atoms with van der Waals surface area (Å²) in [6, 6.07) is 4.49. The van der Waals surface area contributed by atoms with Crippen molar-refractivity contribution in [2.24, 2.45) is 11.7 Å². The van der Waals surface area contributed by atoms with Gasteiger partial charge in [-0.2, -0.15) is 0 Å². The summed E-state index contributed by atoms with van der Waals surface area (Å²) in [5.41, 5.74) is 6.09. The molecule has 1 aliphatic rings. The fraction of sp³-hybridized carbons (Fsp3) is 0.462. The Labute approximate surface area is 105 Å². The molecule has 1 saturated carbocycles. The van der Waals surface area contributed by atoms with Crippen LogP contribution in [0.4, 0.5) is 4.39 Å². The Bertz CT molecular complexity index is 433. The summed E-state index contributed by atoms with van der Waals surface area (Å²) in [7, 11) is 0. The highest BCUT2D eigenvalue weighted by atomic mass is 19.1. The molecule has 0 saturated heterocycles. The third kappa shape index (κ3) is 3.70. The van der Waals surface area contributed by atoms with Crippen molar-refractivity contribution >= 4 is 5.91 Å². The minimum Gasteiger partial charge on any atom is -0.481 e. The van der Waals surface area contributed by atoms with E-state index in [1.807, 2.05) is 0 Å². The second-order valence-corrected chi connectivity index (χ2v) is 4.51. The van der Waals surface area contributed by atoms with Crippen LogP contribution in [0.15, 0.2) is 18.2 Å². The van der Waals surface area contributed by atoms with Crippen LogP contribution in [0.25, 0.3) is 0 Å². The van der Waals surface area contributed by atoms with Gasteiger partial charge in [0.25, 0.3) is 5.91 Å². The standard InChI is InChI=1S/C13H17FN2O2/c14-11-5-10(6-15)3-4-12(11)18-8-13(17)16-7-9-1-2-9/h3-5,9H,1-2,6-8,15H2,(H,16,17). The lowest BCUT2D eigenvalue weighted by molar-refractivity contribution is -0.123. The van der Waals surface area contributed by atoms with Gasteiger partial charge in [-0.3, -0.25) is 4.79 Å². The maximum atomic E-state index is 13.5. The second-order valence-electron chi connectivity index (χ2n) is 4.51. The van der Waals surface area contributed by atoms with Crippen molar-refractivity contribution in [1.82, 2.24) is 5.32 Å². The van der Waals surface area contributed by atoms with Crippen LogP contribution in [0.1, 0.15) is 18.4 Å². The monoisotopic (exact) mass is 252 g/mol. The normalized spacial score (nSPS) is 14.3. The zero-order valence-corrected chi connectivity index (χ0v) is 10.1. The molecule has 0 atom stereocenters. The van der Waals surface area contributed by atoms with E-state index in [-0.39, 0.29) is 24.8 Å². The van der Waals surface area contributed by atoms with E-state index in [0.717, 1.165) is 0 Å². The van der Waals surface area contributed by atoms with Gasteiger partial charge in [0, 0.05) is 13.1 Å². The van der Waals surface area contributed by atoms with E-state index in [2.05, 4.69) is 5.32 Å². The number of carbonyl (C=O) groups is 1. The molecule has 0 heterocycles. The second kappa shape index (κ2) is 5.82. The zero-order valence-electron chi connectivity index (χ0n) is 10.1. The molecule has 1 aromatic rings. The number of nitrogens with one attached hydrogen (secondary N) is 1. The van der Waals surface area contributed by atoms with Gasteiger partial charge < -0.3 is 15.8 Å². The van der Waals surface area contributed by atoms with E-state index in [1.165, 1.54) is 25.0 Å². The highest BCUT2D eigenvalue weighted by molar-refractivity contribution is 5.77. The van der Waals surface area contributed by atoms with Crippen LogP contribution >= 0.6 is 0 Å². The van der Waals surface area contributed by atoms with E-state index < -0.39 is 5.82 Å². The Kier molecular flexibility index (Phi) is 4.15. The summed E-state index contributed by atoms with van der Waals surface area (Å²) in [4.78, 5) is 11.4. The third-order valence-corrected chi connectivity index (χ3v) is 2.88. The molecule has 0 radical (unpaired) electrons. The molecule has 0 unspecified atom stereocenters. The lowest BCUT2D eigenvalue weighted by Crippen LogP contribution is -2.30. The van der Waals surface area contributed by atoms with Crippen LogP contribution < -0.4 is 15.8 Å². The van der Waals surface area contributed by atoms with Crippen LogP contribution in [0, 0.1) is 11.7 Å². The van der Waals surface area contributed by atoms with Crippen molar-refractivity contribution < 1.29 is 13.9 Å². The summed E-state index contributed by atoms with van der Waals surface area (Å²) in [5.74, 6) is -0.0135. The minimum absolute atomic E-state index is 0.0776.